The smallest absolute Gasteiger partial charge is 0.292 e. The lowest BCUT2D eigenvalue weighted by Gasteiger charge is -2.08. The second-order valence-corrected chi connectivity index (χ2v) is 4.37. The van der Waals surface area contributed by atoms with Crippen molar-refractivity contribution in [2.45, 2.75) is 13.5 Å². The number of nitrogens with zero attached hydrogens (tertiary/aromatic N) is 1. The van der Waals surface area contributed by atoms with Gasteiger partial charge in [0.25, 0.3) is 5.69 Å². The van der Waals surface area contributed by atoms with Crippen LogP contribution in [0.15, 0.2) is 42.5 Å². The lowest BCUT2D eigenvalue weighted by Crippen LogP contribution is -2.03. The van der Waals surface area contributed by atoms with Gasteiger partial charge in [0.1, 0.15) is 5.69 Å². The number of nitrogen functional groups attached to an aromatic ring is 1. The molecule has 0 aliphatic heterocycles. The van der Waals surface area contributed by atoms with Crippen LogP contribution in [0.2, 0.25) is 0 Å². The number of nitro groups is 1. The van der Waals surface area contributed by atoms with Crippen molar-refractivity contribution in [2.75, 3.05) is 11.1 Å². The second-order valence-electron chi connectivity index (χ2n) is 4.37. The van der Waals surface area contributed by atoms with Crippen molar-refractivity contribution in [1.82, 2.24) is 0 Å². The van der Waals surface area contributed by atoms with Crippen molar-refractivity contribution < 1.29 is 4.92 Å². The fourth-order valence-electron chi connectivity index (χ4n) is 1.78. The minimum Gasteiger partial charge on any atom is -0.399 e. The first kappa shape index (κ1) is 12.9. The van der Waals surface area contributed by atoms with Crippen LogP contribution in [0.3, 0.4) is 0 Å². The van der Waals surface area contributed by atoms with Crippen molar-refractivity contribution in [1.29, 1.82) is 0 Å². The minimum atomic E-state index is -0.384. The van der Waals surface area contributed by atoms with Crippen LogP contribution < -0.4 is 11.1 Å². The number of nitrogens with two attached hydrogens (primary N) is 1. The van der Waals surface area contributed by atoms with E-state index < -0.39 is 0 Å². The van der Waals surface area contributed by atoms with E-state index in [1.54, 1.807) is 12.1 Å². The van der Waals surface area contributed by atoms with Gasteiger partial charge in [0, 0.05) is 18.3 Å². The molecule has 0 saturated heterocycles. The van der Waals surface area contributed by atoms with Crippen LogP contribution in [0.1, 0.15) is 11.1 Å². The number of anilines is 2. The Hall–Kier alpha value is -2.56. The van der Waals surface area contributed by atoms with Crippen molar-refractivity contribution in [3.05, 3.63) is 63.7 Å². The van der Waals surface area contributed by atoms with Gasteiger partial charge in [-0.05, 0) is 36.2 Å². The number of hydrogen-bond acceptors (Lipinski definition) is 4. The zero-order chi connectivity index (χ0) is 13.8. The highest BCUT2D eigenvalue weighted by molar-refractivity contribution is 5.62. The predicted octanol–water partition coefficient (Wildman–Crippen LogP) is 3.10. The summed E-state index contributed by atoms with van der Waals surface area (Å²) in [5.74, 6) is 0. The van der Waals surface area contributed by atoms with Crippen molar-refractivity contribution >= 4 is 17.1 Å². The standard InChI is InChI=1S/C14H15N3O2/c1-10-2-7-14(17(18)19)13(8-10)16-9-11-3-5-12(15)6-4-11/h2-8,16H,9,15H2,1H3. The number of nitrogens with one attached hydrogen (secondary N) is 1. The molecule has 0 radical (unpaired) electrons. The normalized spacial score (nSPS) is 10.2. The van der Waals surface area contributed by atoms with Gasteiger partial charge >= 0.3 is 0 Å². The molecule has 2 rings (SSSR count). The molecule has 2 aromatic rings. The third kappa shape index (κ3) is 3.22. The zero-order valence-electron chi connectivity index (χ0n) is 10.6. The van der Waals surface area contributed by atoms with Crippen LogP contribution in [0, 0.1) is 17.0 Å². The number of nitro benzene ring substituents is 1. The summed E-state index contributed by atoms with van der Waals surface area (Å²) in [6, 6.07) is 12.4. The van der Waals surface area contributed by atoms with Gasteiger partial charge in [0.2, 0.25) is 0 Å². The van der Waals surface area contributed by atoms with Gasteiger partial charge in [-0.25, -0.2) is 0 Å². The quantitative estimate of drug-likeness (QED) is 0.501. The Balaban J connectivity index is 2.16. The SMILES string of the molecule is Cc1ccc([N+](=O)[O-])c(NCc2ccc(N)cc2)c1. The fraction of sp³-hybridized carbons (Fsp3) is 0.143. The maximum atomic E-state index is 10.9. The Kier molecular flexibility index (Phi) is 3.66. The van der Waals surface area contributed by atoms with Gasteiger partial charge < -0.3 is 11.1 Å². The molecule has 0 atom stereocenters. The molecule has 0 saturated carbocycles. The molecule has 0 aliphatic carbocycles. The summed E-state index contributed by atoms with van der Waals surface area (Å²) in [4.78, 5) is 10.6. The first-order valence-electron chi connectivity index (χ1n) is 5.89. The average molecular weight is 257 g/mol. The summed E-state index contributed by atoms with van der Waals surface area (Å²) < 4.78 is 0. The molecule has 0 aliphatic rings. The number of rotatable bonds is 4. The highest BCUT2D eigenvalue weighted by atomic mass is 16.6. The van der Waals surface area contributed by atoms with E-state index in [0.717, 1.165) is 11.1 Å². The van der Waals surface area contributed by atoms with Crippen molar-refractivity contribution in [2.24, 2.45) is 0 Å². The van der Waals surface area contributed by atoms with E-state index in [2.05, 4.69) is 5.32 Å². The molecule has 19 heavy (non-hydrogen) atoms. The summed E-state index contributed by atoms with van der Waals surface area (Å²) in [7, 11) is 0. The maximum absolute atomic E-state index is 10.9. The van der Waals surface area contributed by atoms with Gasteiger partial charge in [0.05, 0.1) is 4.92 Å². The van der Waals surface area contributed by atoms with E-state index in [9.17, 15) is 10.1 Å². The van der Waals surface area contributed by atoms with E-state index >= 15 is 0 Å². The van der Waals surface area contributed by atoms with Gasteiger partial charge in [-0.1, -0.05) is 18.2 Å². The van der Waals surface area contributed by atoms with E-state index in [4.69, 9.17) is 5.73 Å². The molecule has 0 aromatic heterocycles. The maximum Gasteiger partial charge on any atom is 0.292 e. The average Bonchev–Trinajstić information content (AvgIpc) is 2.38. The molecule has 0 fully saturated rings. The van der Waals surface area contributed by atoms with Crippen LogP contribution in [-0.2, 0) is 6.54 Å². The molecular weight excluding hydrogens is 242 g/mol. The minimum absolute atomic E-state index is 0.0843. The van der Waals surface area contributed by atoms with E-state index in [0.29, 0.717) is 17.9 Å². The van der Waals surface area contributed by atoms with Crippen molar-refractivity contribution in [3.63, 3.8) is 0 Å². The van der Waals surface area contributed by atoms with Crippen molar-refractivity contribution in [3.8, 4) is 0 Å². The number of benzene rings is 2. The molecule has 0 heterocycles. The van der Waals surface area contributed by atoms with E-state index in [1.807, 2.05) is 31.2 Å². The summed E-state index contributed by atoms with van der Waals surface area (Å²) in [5, 5.41) is 14.0. The first-order valence-corrected chi connectivity index (χ1v) is 5.89. The van der Waals surface area contributed by atoms with E-state index in [1.165, 1.54) is 6.07 Å². The van der Waals surface area contributed by atoms with Crippen LogP contribution >= 0.6 is 0 Å². The molecule has 2 aromatic carbocycles. The summed E-state index contributed by atoms with van der Waals surface area (Å²) in [6.07, 6.45) is 0. The summed E-state index contributed by atoms with van der Waals surface area (Å²) >= 11 is 0. The highest BCUT2D eigenvalue weighted by Crippen LogP contribution is 2.25. The first-order chi connectivity index (χ1) is 9.06. The molecule has 0 bridgehead atoms. The molecular formula is C14H15N3O2. The summed E-state index contributed by atoms with van der Waals surface area (Å²) in [5.41, 5.74) is 8.92. The van der Waals surface area contributed by atoms with Crippen LogP contribution in [0.4, 0.5) is 17.1 Å². The fourth-order valence-corrected chi connectivity index (χ4v) is 1.78. The molecule has 5 heteroatoms. The number of hydrogen-bond donors (Lipinski definition) is 2. The Morgan fingerprint density at radius 2 is 1.89 bits per heavy atom. The van der Waals surface area contributed by atoms with Crippen LogP contribution in [0.25, 0.3) is 0 Å². The van der Waals surface area contributed by atoms with E-state index in [-0.39, 0.29) is 10.6 Å². The Morgan fingerprint density at radius 3 is 2.53 bits per heavy atom. The molecule has 5 nitrogen and oxygen atoms in total. The molecule has 0 spiro atoms. The topological polar surface area (TPSA) is 81.2 Å². The molecule has 3 N–H and O–H groups in total. The molecule has 98 valence electrons. The predicted molar refractivity (Wildman–Crippen MR) is 76.0 cm³/mol. The highest BCUT2D eigenvalue weighted by Gasteiger charge is 2.12. The Labute approximate surface area is 111 Å². The number of aryl methyl sites for hydroxylation is 1. The lowest BCUT2D eigenvalue weighted by atomic mass is 10.1. The lowest BCUT2D eigenvalue weighted by molar-refractivity contribution is -0.384. The molecule has 0 unspecified atom stereocenters. The van der Waals surface area contributed by atoms with Crippen LogP contribution in [-0.4, -0.2) is 4.92 Å². The Bertz CT molecular complexity index is 594. The third-order valence-electron chi connectivity index (χ3n) is 2.81. The zero-order valence-corrected chi connectivity index (χ0v) is 10.6. The van der Waals surface area contributed by atoms with Gasteiger partial charge in [-0.15, -0.1) is 0 Å². The summed E-state index contributed by atoms with van der Waals surface area (Å²) in [6.45, 7) is 2.42. The Morgan fingerprint density at radius 1 is 1.21 bits per heavy atom. The van der Waals surface area contributed by atoms with Crippen LogP contribution in [0.5, 0.6) is 0 Å². The largest absolute Gasteiger partial charge is 0.399 e. The second kappa shape index (κ2) is 5.39. The monoisotopic (exact) mass is 257 g/mol. The van der Waals surface area contributed by atoms with Gasteiger partial charge in [0.15, 0.2) is 0 Å². The van der Waals surface area contributed by atoms with Gasteiger partial charge in [-0.2, -0.15) is 0 Å². The third-order valence-corrected chi connectivity index (χ3v) is 2.81. The van der Waals surface area contributed by atoms with Gasteiger partial charge in [-0.3, -0.25) is 10.1 Å². The molecule has 0 amide bonds.